The minimum atomic E-state index is -2.81. The van der Waals surface area contributed by atoms with Crippen LogP contribution in [0.3, 0.4) is 0 Å². The molecule has 47 heavy (non-hydrogen) atoms. The molecule has 250 valence electrons. The maximum atomic E-state index is 14.5. The van der Waals surface area contributed by atoms with Crippen LogP contribution in [0.1, 0.15) is 69.4 Å². The molecule has 3 aliphatic carbocycles. The van der Waals surface area contributed by atoms with Crippen molar-refractivity contribution in [1.29, 1.82) is 0 Å². The van der Waals surface area contributed by atoms with E-state index in [0.717, 1.165) is 0 Å². The Morgan fingerprint density at radius 2 is 1.68 bits per heavy atom. The fraction of sp³-hybridized carbons (Fsp3) is 0.514. The summed E-state index contributed by atoms with van der Waals surface area (Å²) in [5.41, 5.74) is -2.96. The molecule has 5 rings (SSSR count). The molecule has 6 atom stereocenters. The maximum Gasteiger partial charge on any atom is 0.270 e. The predicted octanol–water partition coefficient (Wildman–Crippen LogP) is 3.17. The lowest BCUT2D eigenvalue weighted by Crippen LogP contribution is -2.74. The van der Waals surface area contributed by atoms with Crippen LogP contribution in [0.5, 0.6) is 5.75 Å². The highest BCUT2D eigenvalue weighted by molar-refractivity contribution is 6.32. The molecule has 0 aliphatic heterocycles. The molecule has 2 saturated carbocycles. The minimum absolute atomic E-state index is 0.0521. The molecule has 1 amide bonds. The Balaban J connectivity index is 1.70. The number of phenolic OH excluding ortho intramolecular Hbond substituents is 1. The number of nitrogens with one attached hydrogen (secondary N) is 1. The summed E-state index contributed by atoms with van der Waals surface area (Å²) in [4.78, 5) is 82.6. The van der Waals surface area contributed by atoms with Crippen molar-refractivity contribution in [3.8, 4) is 16.9 Å². The Morgan fingerprint density at radius 1 is 1.04 bits per heavy atom. The molecule has 2 aromatic carbocycles. The maximum absolute atomic E-state index is 14.5. The number of carbonyl (C=O) groups excluding carboxylic acids is 5. The van der Waals surface area contributed by atoms with Gasteiger partial charge in [-0.05, 0) is 81.8 Å². The number of hydrogen-bond acceptors (Lipinski definition) is 10. The first-order valence-corrected chi connectivity index (χ1v) is 15.6. The molecule has 0 bridgehead atoms. The van der Waals surface area contributed by atoms with Crippen molar-refractivity contribution in [2.75, 3.05) is 14.1 Å². The molecular weight excluding hydrogens is 606 g/mol. The van der Waals surface area contributed by atoms with Gasteiger partial charge in [-0.2, -0.15) is 0 Å². The third kappa shape index (κ3) is 5.37. The predicted molar refractivity (Wildman–Crippen MR) is 171 cm³/mol. The first-order chi connectivity index (χ1) is 21.6. The zero-order valence-corrected chi connectivity index (χ0v) is 27.8. The van der Waals surface area contributed by atoms with E-state index in [2.05, 4.69) is 5.32 Å². The van der Waals surface area contributed by atoms with Crippen LogP contribution in [0.4, 0.5) is 5.69 Å². The lowest BCUT2D eigenvalue weighted by molar-refractivity contribution is -0.384. The van der Waals surface area contributed by atoms with Gasteiger partial charge >= 0.3 is 0 Å². The molecule has 0 saturated heterocycles. The molecule has 2 unspecified atom stereocenters. The van der Waals surface area contributed by atoms with E-state index in [-0.39, 0.29) is 29.8 Å². The smallest absolute Gasteiger partial charge is 0.270 e. The SMILES string of the molecule is CN(C)[C@@H]1C(=O)C(C(=O)NC(C)(C)C)C(=O)[C@@]2(O)C(=O)C3C(=O)c4c(O)c(C(C)(C)C)cc(-c5cccc([N+](=O)[O-])c5)c4C[C@H]3C[C@@H]12. The Hall–Kier alpha value is -4.29. The number of non-ortho nitro benzene ring substituents is 1. The topological polar surface area (TPSA) is 184 Å². The van der Waals surface area contributed by atoms with Gasteiger partial charge in [-0.25, -0.2) is 0 Å². The zero-order chi connectivity index (χ0) is 35.1. The summed E-state index contributed by atoms with van der Waals surface area (Å²) >= 11 is 0. The summed E-state index contributed by atoms with van der Waals surface area (Å²) in [6.07, 6.45) is -0.0290. The van der Waals surface area contributed by atoms with Crippen molar-refractivity contribution in [3.05, 3.63) is 57.1 Å². The second kappa shape index (κ2) is 11.2. The van der Waals surface area contributed by atoms with Gasteiger partial charge in [0.05, 0.1) is 22.4 Å². The number of fused-ring (bicyclic) bond motifs is 3. The van der Waals surface area contributed by atoms with Crippen molar-refractivity contribution < 1.29 is 39.1 Å². The summed E-state index contributed by atoms with van der Waals surface area (Å²) in [6.45, 7) is 10.5. The van der Waals surface area contributed by atoms with Crippen LogP contribution in [0.2, 0.25) is 0 Å². The normalized spacial score (nSPS) is 27.7. The second-order valence-electron chi connectivity index (χ2n) is 15.4. The highest BCUT2D eigenvalue weighted by atomic mass is 16.6. The number of aliphatic hydroxyl groups is 1. The fourth-order valence-electron chi connectivity index (χ4n) is 7.71. The number of hydrogen-bond donors (Lipinski definition) is 3. The van der Waals surface area contributed by atoms with Gasteiger partial charge in [-0.15, -0.1) is 0 Å². The van der Waals surface area contributed by atoms with Crippen LogP contribution in [0.25, 0.3) is 11.1 Å². The molecule has 3 aliphatic rings. The van der Waals surface area contributed by atoms with Crippen LogP contribution in [0.15, 0.2) is 30.3 Å². The molecule has 0 radical (unpaired) electrons. The molecule has 2 fully saturated rings. The summed E-state index contributed by atoms with van der Waals surface area (Å²) in [7, 11) is 3.11. The number of Topliss-reactive ketones (excluding diaryl/α,β-unsaturated/α-hetero) is 4. The van der Waals surface area contributed by atoms with Gasteiger partial charge < -0.3 is 15.5 Å². The van der Waals surface area contributed by atoms with Gasteiger partial charge in [0.25, 0.3) is 5.69 Å². The minimum Gasteiger partial charge on any atom is -0.507 e. The number of benzene rings is 2. The van der Waals surface area contributed by atoms with Gasteiger partial charge in [0.2, 0.25) is 5.91 Å². The van der Waals surface area contributed by atoms with E-state index in [0.29, 0.717) is 22.3 Å². The number of carbonyl (C=O) groups is 5. The Morgan fingerprint density at radius 3 is 2.23 bits per heavy atom. The lowest BCUT2D eigenvalue weighted by Gasteiger charge is -2.52. The molecule has 2 aromatic rings. The van der Waals surface area contributed by atoms with E-state index < -0.39 is 80.2 Å². The number of phenols is 1. The first kappa shape index (κ1) is 34.1. The Labute approximate surface area is 272 Å². The van der Waals surface area contributed by atoms with Crippen molar-refractivity contribution >= 4 is 34.7 Å². The van der Waals surface area contributed by atoms with Gasteiger partial charge in [-0.3, -0.25) is 39.0 Å². The van der Waals surface area contributed by atoms with Gasteiger partial charge in [0, 0.05) is 29.2 Å². The highest BCUT2D eigenvalue weighted by Crippen LogP contribution is 2.53. The monoisotopic (exact) mass is 647 g/mol. The summed E-state index contributed by atoms with van der Waals surface area (Å²) in [6, 6.07) is 6.42. The lowest BCUT2D eigenvalue weighted by atomic mass is 9.52. The summed E-state index contributed by atoms with van der Waals surface area (Å²) in [5, 5.41) is 37.9. The van der Waals surface area contributed by atoms with E-state index in [1.807, 2.05) is 20.8 Å². The number of nitro groups is 1. The van der Waals surface area contributed by atoms with Crippen molar-refractivity contribution in [1.82, 2.24) is 10.2 Å². The standard InChI is InChI=1S/C35H41N3O9/c1-33(2,3)22-15-19(16-10-9-11-18(12-16)38(46)47)20-13-17-14-21-26(37(7)8)29(41)25(32(44)36-34(4,5)6)31(43)35(21,45)30(42)23(17)28(40)24(20)27(22)39/h9-12,15,17,21,23,25-26,39,45H,13-14H2,1-8H3,(H,36,44)/t17-,21-,23?,25?,26-,35-/m0/s1. The Bertz CT molecular complexity index is 1750. The van der Waals surface area contributed by atoms with Crippen LogP contribution in [0, 0.1) is 33.8 Å². The second-order valence-corrected chi connectivity index (χ2v) is 15.4. The van der Waals surface area contributed by atoms with Gasteiger partial charge in [0.1, 0.15) is 5.75 Å². The van der Waals surface area contributed by atoms with Crippen LogP contribution < -0.4 is 5.32 Å². The fourth-order valence-corrected chi connectivity index (χ4v) is 7.71. The quantitative estimate of drug-likeness (QED) is 0.253. The first-order valence-electron chi connectivity index (χ1n) is 15.6. The van der Waals surface area contributed by atoms with E-state index in [9.17, 15) is 44.3 Å². The van der Waals surface area contributed by atoms with Gasteiger partial charge in [-0.1, -0.05) is 32.9 Å². The third-order valence-electron chi connectivity index (χ3n) is 9.71. The van der Waals surface area contributed by atoms with Crippen molar-refractivity contribution in [3.63, 3.8) is 0 Å². The van der Waals surface area contributed by atoms with Crippen LogP contribution in [-0.4, -0.2) is 80.4 Å². The largest absolute Gasteiger partial charge is 0.507 e. The molecule has 0 heterocycles. The Kier molecular flexibility index (Phi) is 8.08. The average molecular weight is 648 g/mol. The highest BCUT2D eigenvalue weighted by Gasteiger charge is 2.69. The average Bonchev–Trinajstić information content (AvgIpc) is 2.93. The number of amides is 1. The van der Waals surface area contributed by atoms with Crippen molar-refractivity contribution in [2.45, 2.75) is 77.0 Å². The number of ketones is 4. The summed E-state index contributed by atoms with van der Waals surface area (Å²) < 4.78 is 0. The molecule has 0 aromatic heterocycles. The number of aromatic hydroxyl groups is 1. The zero-order valence-electron chi connectivity index (χ0n) is 27.8. The summed E-state index contributed by atoms with van der Waals surface area (Å²) in [5.74, 6) is -10.7. The molecular formula is C35H41N3O9. The number of likely N-dealkylation sites (N-methyl/N-ethyl adjacent to an activating group) is 1. The third-order valence-corrected chi connectivity index (χ3v) is 9.71. The van der Waals surface area contributed by atoms with E-state index in [1.165, 1.54) is 23.1 Å². The molecule has 3 N–H and O–H groups in total. The molecule has 0 spiro atoms. The van der Waals surface area contributed by atoms with E-state index in [4.69, 9.17) is 0 Å². The number of rotatable bonds is 4. The molecule has 12 heteroatoms. The number of nitro benzene ring substituents is 1. The van der Waals surface area contributed by atoms with Crippen LogP contribution in [-0.2, 0) is 31.0 Å². The number of nitrogens with zero attached hydrogens (tertiary/aromatic N) is 2. The van der Waals surface area contributed by atoms with Gasteiger partial charge in [0.15, 0.2) is 34.7 Å². The van der Waals surface area contributed by atoms with E-state index >= 15 is 0 Å². The van der Waals surface area contributed by atoms with Crippen molar-refractivity contribution in [2.24, 2.45) is 23.7 Å². The molecule has 12 nitrogen and oxygen atoms in total. The van der Waals surface area contributed by atoms with Crippen LogP contribution >= 0.6 is 0 Å². The van der Waals surface area contributed by atoms with E-state index in [1.54, 1.807) is 47.0 Å².